The van der Waals surface area contributed by atoms with Crippen molar-refractivity contribution in [1.82, 2.24) is 16.0 Å². The number of hydrogen-bond acceptors (Lipinski definition) is 5. The highest BCUT2D eigenvalue weighted by atomic mass is 32.1. The summed E-state index contributed by atoms with van der Waals surface area (Å²) in [4.78, 5) is 26.3. The van der Waals surface area contributed by atoms with Crippen molar-refractivity contribution in [2.24, 2.45) is 0 Å². The van der Waals surface area contributed by atoms with Crippen LogP contribution in [0.5, 0.6) is 0 Å². The van der Waals surface area contributed by atoms with Crippen molar-refractivity contribution in [3.8, 4) is 21.7 Å². The minimum Gasteiger partial charge on any atom is -0.360 e. The second-order valence-electron chi connectivity index (χ2n) is 6.41. The zero-order chi connectivity index (χ0) is 21.1. The molecule has 0 unspecified atom stereocenters. The molecule has 6 nitrogen and oxygen atoms in total. The minimum absolute atomic E-state index is 0.250. The summed E-state index contributed by atoms with van der Waals surface area (Å²) >= 11 is 1.24. The van der Waals surface area contributed by atoms with Crippen molar-refractivity contribution in [1.29, 1.82) is 0 Å². The number of aryl methyl sites for hydroxylation is 1. The molecule has 2 heterocycles. The third-order valence-electron chi connectivity index (χ3n) is 4.39. The van der Waals surface area contributed by atoms with Crippen molar-refractivity contribution < 1.29 is 18.5 Å². The third kappa shape index (κ3) is 3.99. The lowest BCUT2D eigenvalue weighted by Crippen LogP contribution is -2.41. The Kier molecular flexibility index (Phi) is 5.40. The normalized spacial score (nSPS) is 10.6. The molecule has 0 radical (unpaired) electrons. The first-order chi connectivity index (χ1) is 14.5. The molecule has 8 heteroatoms. The minimum atomic E-state index is -0.531. The Morgan fingerprint density at radius 1 is 0.900 bits per heavy atom. The van der Waals surface area contributed by atoms with Gasteiger partial charge in [-0.3, -0.25) is 20.4 Å². The number of rotatable bonds is 4. The van der Waals surface area contributed by atoms with Crippen molar-refractivity contribution >= 4 is 23.2 Å². The van der Waals surface area contributed by atoms with E-state index >= 15 is 0 Å². The van der Waals surface area contributed by atoms with Gasteiger partial charge in [-0.1, -0.05) is 47.6 Å². The van der Waals surface area contributed by atoms with Crippen LogP contribution in [0.4, 0.5) is 4.39 Å². The maximum absolute atomic E-state index is 13.1. The molecule has 0 atom stereocenters. The van der Waals surface area contributed by atoms with Gasteiger partial charge in [-0.05, 0) is 36.8 Å². The molecule has 0 saturated carbocycles. The van der Waals surface area contributed by atoms with Crippen molar-refractivity contribution in [2.45, 2.75) is 6.92 Å². The van der Waals surface area contributed by atoms with E-state index in [1.165, 1.54) is 23.5 Å². The third-order valence-corrected chi connectivity index (χ3v) is 5.52. The maximum atomic E-state index is 13.1. The first-order valence-corrected chi connectivity index (χ1v) is 9.83. The van der Waals surface area contributed by atoms with Gasteiger partial charge in [-0.15, -0.1) is 11.3 Å². The summed E-state index contributed by atoms with van der Waals surface area (Å²) in [7, 11) is 0. The largest absolute Gasteiger partial charge is 0.360 e. The number of hydrogen-bond donors (Lipinski definition) is 2. The Balaban J connectivity index is 1.46. The van der Waals surface area contributed by atoms with E-state index in [0.717, 1.165) is 16.0 Å². The summed E-state index contributed by atoms with van der Waals surface area (Å²) in [5.74, 6) is -0.974. The van der Waals surface area contributed by atoms with Crippen LogP contribution in [0.2, 0.25) is 0 Å². The van der Waals surface area contributed by atoms with E-state index in [1.54, 1.807) is 31.2 Å². The van der Waals surface area contributed by atoms with Crippen molar-refractivity contribution in [3.63, 3.8) is 0 Å². The topological polar surface area (TPSA) is 84.2 Å². The summed E-state index contributed by atoms with van der Waals surface area (Å²) in [6.07, 6.45) is 0. The van der Waals surface area contributed by atoms with E-state index in [-0.39, 0.29) is 11.4 Å². The van der Waals surface area contributed by atoms with E-state index in [9.17, 15) is 14.0 Å². The van der Waals surface area contributed by atoms with Crippen LogP contribution in [0, 0.1) is 12.7 Å². The van der Waals surface area contributed by atoms with Crippen LogP contribution >= 0.6 is 11.3 Å². The molecule has 0 saturated heterocycles. The molecule has 0 aliphatic rings. The Labute approximate surface area is 175 Å². The average molecular weight is 421 g/mol. The summed E-state index contributed by atoms with van der Waals surface area (Å²) in [5, 5.41) is 3.96. The van der Waals surface area contributed by atoms with Gasteiger partial charge in [0.05, 0.1) is 4.88 Å². The molecule has 2 aromatic carbocycles. The predicted octanol–water partition coefficient (Wildman–Crippen LogP) is 4.59. The predicted molar refractivity (Wildman–Crippen MR) is 111 cm³/mol. The van der Waals surface area contributed by atoms with E-state index in [2.05, 4.69) is 16.0 Å². The van der Waals surface area contributed by atoms with E-state index in [4.69, 9.17) is 4.52 Å². The smallest absolute Gasteiger partial charge is 0.279 e. The Hall–Kier alpha value is -3.78. The molecule has 0 spiro atoms. The first-order valence-electron chi connectivity index (χ1n) is 9.01. The van der Waals surface area contributed by atoms with Crippen molar-refractivity contribution in [3.05, 3.63) is 88.7 Å². The molecule has 4 rings (SSSR count). The number of halogens is 1. The highest BCUT2D eigenvalue weighted by molar-refractivity contribution is 7.17. The molecule has 4 aromatic rings. The quantitative estimate of drug-likeness (QED) is 0.472. The van der Waals surface area contributed by atoms with Crippen LogP contribution in [-0.4, -0.2) is 17.0 Å². The molecule has 2 aromatic heterocycles. The molecule has 0 fully saturated rings. The molecule has 0 aliphatic heterocycles. The van der Waals surface area contributed by atoms with Gasteiger partial charge < -0.3 is 4.52 Å². The van der Waals surface area contributed by atoms with E-state index < -0.39 is 11.8 Å². The first kappa shape index (κ1) is 19.5. The molecule has 0 aliphatic carbocycles. The second kappa shape index (κ2) is 8.30. The van der Waals surface area contributed by atoms with Gasteiger partial charge in [0.15, 0.2) is 0 Å². The molecule has 2 amide bonds. The van der Waals surface area contributed by atoms with Gasteiger partial charge in [-0.2, -0.15) is 0 Å². The summed E-state index contributed by atoms with van der Waals surface area (Å²) in [6, 6.07) is 18.6. The second-order valence-corrected chi connectivity index (χ2v) is 7.49. The number of hydrazine groups is 1. The number of thiophene rings is 1. The fraction of sp³-hybridized carbons (Fsp3) is 0.0455. The lowest BCUT2D eigenvalue weighted by Gasteiger charge is -2.07. The average Bonchev–Trinajstić information content (AvgIpc) is 3.40. The monoisotopic (exact) mass is 421 g/mol. The zero-order valence-corrected chi connectivity index (χ0v) is 16.6. The van der Waals surface area contributed by atoms with Gasteiger partial charge >= 0.3 is 0 Å². The zero-order valence-electron chi connectivity index (χ0n) is 15.8. The van der Waals surface area contributed by atoms with Crippen LogP contribution < -0.4 is 10.9 Å². The number of nitrogens with one attached hydrogen (secondary N) is 2. The number of benzene rings is 2. The molecule has 0 bridgehead atoms. The van der Waals surface area contributed by atoms with Gasteiger partial charge in [-0.25, -0.2) is 4.39 Å². The van der Waals surface area contributed by atoms with Gasteiger partial charge in [0.2, 0.25) is 0 Å². The molecule has 2 N–H and O–H groups in total. The molecule has 30 heavy (non-hydrogen) atoms. The highest BCUT2D eigenvalue weighted by Crippen LogP contribution is 2.28. The number of amides is 2. The number of carbonyl (C=O) groups excluding carboxylic acids is 2. The van der Waals surface area contributed by atoms with Crippen LogP contribution in [-0.2, 0) is 0 Å². The summed E-state index contributed by atoms with van der Waals surface area (Å²) in [6.45, 7) is 1.63. The Bertz CT molecular complexity index is 1200. The van der Waals surface area contributed by atoms with Crippen molar-refractivity contribution in [2.75, 3.05) is 0 Å². The number of nitrogens with zero attached hydrogens (tertiary/aromatic N) is 1. The summed E-state index contributed by atoms with van der Waals surface area (Å²) < 4.78 is 18.3. The highest BCUT2D eigenvalue weighted by Gasteiger charge is 2.22. The van der Waals surface area contributed by atoms with Crippen LogP contribution in [0.3, 0.4) is 0 Å². The fourth-order valence-corrected chi connectivity index (χ4v) is 3.81. The molecule has 150 valence electrons. The van der Waals surface area contributed by atoms with Gasteiger partial charge in [0.1, 0.15) is 22.8 Å². The van der Waals surface area contributed by atoms with Crippen LogP contribution in [0.25, 0.3) is 21.7 Å². The molecular weight excluding hydrogens is 405 g/mol. The fourth-order valence-electron chi connectivity index (χ4n) is 2.90. The van der Waals surface area contributed by atoms with E-state index in [0.29, 0.717) is 16.3 Å². The number of carbonyl (C=O) groups is 2. The van der Waals surface area contributed by atoms with Gasteiger partial charge in [0, 0.05) is 10.4 Å². The van der Waals surface area contributed by atoms with Crippen LogP contribution in [0.1, 0.15) is 25.8 Å². The van der Waals surface area contributed by atoms with Gasteiger partial charge in [0.25, 0.3) is 11.8 Å². The lowest BCUT2D eigenvalue weighted by atomic mass is 10.1. The van der Waals surface area contributed by atoms with E-state index in [1.807, 2.05) is 30.3 Å². The maximum Gasteiger partial charge on any atom is 0.279 e. The standard InChI is InChI=1S/C22H16FN3O3S/c1-13-19(20(26-29-13)15-5-3-2-4-6-15)22(28)25-24-21(27)18-12-11-17(30-18)14-7-9-16(23)10-8-14/h2-12H,1H3,(H,24,27)(H,25,28). The molecular formula is C22H16FN3O3S. The SMILES string of the molecule is Cc1onc(-c2ccccc2)c1C(=O)NNC(=O)c1ccc(-c2ccc(F)cc2)s1. The summed E-state index contributed by atoms with van der Waals surface area (Å²) in [5.41, 5.74) is 7.00. The number of aromatic nitrogens is 1. The van der Waals surface area contributed by atoms with Crippen LogP contribution in [0.15, 0.2) is 71.3 Å². The Morgan fingerprint density at radius 2 is 1.60 bits per heavy atom. The lowest BCUT2D eigenvalue weighted by molar-refractivity contribution is 0.0848. The Morgan fingerprint density at radius 3 is 2.33 bits per heavy atom.